The normalized spacial score (nSPS) is 9.82. The van der Waals surface area contributed by atoms with Gasteiger partial charge in [-0.15, -0.1) is 0 Å². The van der Waals surface area contributed by atoms with Gasteiger partial charge in [0.1, 0.15) is 0 Å². The van der Waals surface area contributed by atoms with Gasteiger partial charge in [0.2, 0.25) is 0 Å². The van der Waals surface area contributed by atoms with E-state index in [9.17, 15) is 9.59 Å². The Bertz CT molecular complexity index is 597. The molecule has 5 nitrogen and oxygen atoms in total. The summed E-state index contributed by atoms with van der Waals surface area (Å²) in [5.74, 6) is -1.37. The van der Waals surface area contributed by atoms with Gasteiger partial charge in [0.25, 0.3) is 11.8 Å². The summed E-state index contributed by atoms with van der Waals surface area (Å²) >= 11 is 0. The van der Waals surface area contributed by atoms with Crippen molar-refractivity contribution in [2.24, 2.45) is 0 Å². The lowest BCUT2D eigenvalue weighted by atomic mass is 10.2. The highest BCUT2D eigenvalue weighted by Crippen LogP contribution is 1.98. The molecular formula is C17H17N3O2. The van der Waals surface area contributed by atoms with E-state index in [2.05, 4.69) is 10.6 Å². The van der Waals surface area contributed by atoms with E-state index in [-0.39, 0.29) is 13.1 Å². The third-order valence-corrected chi connectivity index (χ3v) is 3.05. The van der Waals surface area contributed by atoms with Crippen LogP contribution in [0.4, 0.5) is 0 Å². The molecule has 5 heteroatoms. The third-order valence-electron chi connectivity index (χ3n) is 3.05. The molecule has 2 rings (SSSR count). The number of carbonyl (C=O) groups excluding carboxylic acids is 2. The minimum atomic E-state index is -0.686. The van der Waals surface area contributed by atoms with Gasteiger partial charge in [-0.05, 0) is 11.1 Å². The predicted molar refractivity (Wildman–Crippen MR) is 84.3 cm³/mol. The molecule has 0 spiro atoms. The average molecular weight is 295 g/mol. The summed E-state index contributed by atoms with van der Waals surface area (Å²) in [7, 11) is 0. The van der Waals surface area contributed by atoms with Crippen LogP contribution in [0.15, 0.2) is 60.7 Å². The molecular weight excluding hydrogens is 278 g/mol. The van der Waals surface area contributed by atoms with Crippen molar-refractivity contribution >= 4 is 17.5 Å². The summed E-state index contributed by atoms with van der Waals surface area (Å²) in [4.78, 5) is 23.5. The van der Waals surface area contributed by atoms with Crippen LogP contribution in [-0.4, -0.2) is 17.5 Å². The van der Waals surface area contributed by atoms with Crippen molar-refractivity contribution in [1.82, 2.24) is 10.6 Å². The van der Waals surface area contributed by atoms with E-state index in [1.165, 1.54) is 0 Å². The number of benzene rings is 2. The number of hydrogen-bond donors (Lipinski definition) is 3. The molecule has 0 saturated heterocycles. The standard InChI is InChI=1S/C17H17N3O2/c18-15(16(21)19-11-13-7-3-1-4-8-13)17(22)20-12-14-9-5-2-6-10-14/h1-10,18H,11-12H2,(H,19,21)(H,20,22). The second kappa shape index (κ2) is 7.73. The third kappa shape index (κ3) is 4.56. The summed E-state index contributed by atoms with van der Waals surface area (Å²) < 4.78 is 0. The van der Waals surface area contributed by atoms with Crippen LogP contribution < -0.4 is 10.6 Å². The minimum Gasteiger partial charge on any atom is -0.346 e. The summed E-state index contributed by atoms with van der Waals surface area (Å²) in [5.41, 5.74) is 1.23. The minimum absolute atomic E-state index is 0.286. The first-order valence-electron chi connectivity index (χ1n) is 6.89. The molecule has 2 aromatic rings. The summed E-state index contributed by atoms with van der Waals surface area (Å²) in [5, 5.41) is 12.7. The second-order valence-electron chi connectivity index (χ2n) is 4.71. The Kier molecular flexibility index (Phi) is 5.43. The number of rotatable bonds is 6. The monoisotopic (exact) mass is 295 g/mol. The highest BCUT2D eigenvalue weighted by atomic mass is 16.2. The van der Waals surface area contributed by atoms with E-state index in [4.69, 9.17) is 5.41 Å². The zero-order chi connectivity index (χ0) is 15.8. The summed E-state index contributed by atoms with van der Waals surface area (Å²) in [6.07, 6.45) is 0. The van der Waals surface area contributed by atoms with Crippen molar-refractivity contribution in [3.05, 3.63) is 71.8 Å². The number of hydrogen-bond acceptors (Lipinski definition) is 3. The van der Waals surface area contributed by atoms with Gasteiger partial charge < -0.3 is 10.6 Å². The molecule has 0 bridgehead atoms. The van der Waals surface area contributed by atoms with Crippen molar-refractivity contribution < 1.29 is 9.59 Å². The fourth-order valence-corrected chi connectivity index (χ4v) is 1.84. The first kappa shape index (κ1) is 15.4. The molecule has 3 N–H and O–H groups in total. The molecule has 0 aliphatic heterocycles. The molecule has 0 heterocycles. The largest absolute Gasteiger partial charge is 0.346 e. The lowest BCUT2D eigenvalue weighted by Crippen LogP contribution is -2.40. The average Bonchev–Trinajstić information content (AvgIpc) is 2.58. The van der Waals surface area contributed by atoms with Crippen molar-refractivity contribution in [2.75, 3.05) is 0 Å². The molecule has 0 unspecified atom stereocenters. The van der Waals surface area contributed by atoms with Gasteiger partial charge in [-0.1, -0.05) is 60.7 Å². The van der Waals surface area contributed by atoms with Gasteiger partial charge >= 0.3 is 0 Å². The Hall–Kier alpha value is -2.95. The molecule has 0 atom stereocenters. The Labute approximate surface area is 128 Å². The number of amides is 2. The van der Waals surface area contributed by atoms with Crippen molar-refractivity contribution in [3.8, 4) is 0 Å². The predicted octanol–water partition coefficient (Wildman–Crippen LogP) is 1.64. The Morgan fingerprint density at radius 3 is 1.45 bits per heavy atom. The number of nitrogens with one attached hydrogen (secondary N) is 3. The molecule has 0 aromatic heterocycles. The fraction of sp³-hybridized carbons (Fsp3) is 0.118. The molecule has 2 aromatic carbocycles. The summed E-state index contributed by atoms with van der Waals surface area (Å²) in [6.45, 7) is 0.571. The van der Waals surface area contributed by atoms with Crippen LogP contribution in [0.3, 0.4) is 0 Å². The van der Waals surface area contributed by atoms with Gasteiger partial charge in [0.15, 0.2) is 5.71 Å². The highest BCUT2D eigenvalue weighted by Gasteiger charge is 2.17. The van der Waals surface area contributed by atoms with E-state index >= 15 is 0 Å². The van der Waals surface area contributed by atoms with Crippen molar-refractivity contribution in [1.29, 1.82) is 5.41 Å². The highest BCUT2D eigenvalue weighted by molar-refractivity contribution is 6.64. The van der Waals surface area contributed by atoms with Gasteiger partial charge in [0, 0.05) is 13.1 Å². The SMILES string of the molecule is N=C(C(=O)NCc1ccccc1)C(=O)NCc1ccccc1. The zero-order valence-electron chi connectivity index (χ0n) is 12.0. The van der Waals surface area contributed by atoms with Crippen molar-refractivity contribution in [3.63, 3.8) is 0 Å². The lowest BCUT2D eigenvalue weighted by Gasteiger charge is -2.07. The van der Waals surface area contributed by atoms with Crippen LogP contribution in [0.25, 0.3) is 0 Å². The molecule has 0 saturated carbocycles. The molecule has 0 fully saturated rings. The van der Waals surface area contributed by atoms with E-state index in [0.29, 0.717) is 0 Å². The van der Waals surface area contributed by atoms with Crippen LogP contribution in [0.5, 0.6) is 0 Å². The van der Waals surface area contributed by atoms with E-state index in [1.54, 1.807) is 0 Å². The van der Waals surface area contributed by atoms with Crippen LogP contribution in [0, 0.1) is 5.41 Å². The van der Waals surface area contributed by atoms with Gasteiger partial charge in [-0.2, -0.15) is 0 Å². The van der Waals surface area contributed by atoms with E-state index < -0.39 is 17.5 Å². The molecule has 2 amide bonds. The fourth-order valence-electron chi connectivity index (χ4n) is 1.84. The van der Waals surface area contributed by atoms with Gasteiger partial charge in [-0.25, -0.2) is 0 Å². The van der Waals surface area contributed by atoms with Crippen LogP contribution >= 0.6 is 0 Å². The molecule has 112 valence electrons. The van der Waals surface area contributed by atoms with Gasteiger partial charge in [0.05, 0.1) is 0 Å². The maximum absolute atomic E-state index is 11.8. The summed E-state index contributed by atoms with van der Waals surface area (Å²) in [6, 6.07) is 18.6. The maximum Gasteiger partial charge on any atom is 0.275 e. The smallest absolute Gasteiger partial charge is 0.275 e. The molecule has 0 aliphatic carbocycles. The molecule has 0 radical (unpaired) electrons. The van der Waals surface area contributed by atoms with E-state index in [0.717, 1.165) is 11.1 Å². The lowest BCUT2D eigenvalue weighted by molar-refractivity contribution is -0.119. The van der Waals surface area contributed by atoms with E-state index in [1.807, 2.05) is 60.7 Å². The Morgan fingerprint density at radius 2 is 1.09 bits per heavy atom. The van der Waals surface area contributed by atoms with Crippen LogP contribution in [0.1, 0.15) is 11.1 Å². The quantitative estimate of drug-likeness (QED) is 0.559. The van der Waals surface area contributed by atoms with Gasteiger partial charge in [-0.3, -0.25) is 15.0 Å². The zero-order valence-corrected chi connectivity index (χ0v) is 12.0. The molecule has 0 aliphatic rings. The van der Waals surface area contributed by atoms with Crippen LogP contribution in [-0.2, 0) is 22.7 Å². The molecule has 22 heavy (non-hydrogen) atoms. The topological polar surface area (TPSA) is 82.1 Å². The Balaban J connectivity index is 1.80. The second-order valence-corrected chi connectivity index (χ2v) is 4.71. The number of carbonyl (C=O) groups is 2. The Morgan fingerprint density at radius 1 is 0.727 bits per heavy atom. The van der Waals surface area contributed by atoms with Crippen molar-refractivity contribution in [2.45, 2.75) is 13.1 Å². The first-order chi connectivity index (χ1) is 10.7. The van der Waals surface area contributed by atoms with Crippen LogP contribution in [0.2, 0.25) is 0 Å². The first-order valence-corrected chi connectivity index (χ1v) is 6.89. The maximum atomic E-state index is 11.8.